The fraction of sp³-hybridized carbons (Fsp3) is 0.667. The smallest absolute Gasteiger partial charge is 0.00183 e. The summed E-state index contributed by atoms with van der Waals surface area (Å²) in [5.41, 5.74) is 2.16. The van der Waals surface area contributed by atoms with E-state index < -0.39 is 0 Å². The second kappa shape index (κ2) is 4.63. The normalized spacial score (nSPS) is 35.3. The highest BCUT2D eigenvalue weighted by molar-refractivity contribution is 5.29. The number of nitrogens with zero attached hydrogens (tertiary/aromatic N) is 1. The fourth-order valence-electron chi connectivity index (χ4n) is 4.63. The molecule has 2 unspecified atom stereocenters. The molecule has 1 nitrogen and oxygen atoms in total. The van der Waals surface area contributed by atoms with Crippen LogP contribution in [-0.2, 0) is 5.41 Å². The van der Waals surface area contributed by atoms with E-state index in [1.54, 1.807) is 5.56 Å². The van der Waals surface area contributed by atoms with Crippen LogP contribution in [-0.4, -0.2) is 24.5 Å². The number of piperidine rings is 1. The van der Waals surface area contributed by atoms with Gasteiger partial charge in [-0.25, -0.2) is 0 Å². The molecular weight excluding hydrogens is 230 g/mol. The Hall–Kier alpha value is -0.820. The predicted molar refractivity (Wildman–Crippen MR) is 79.2 cm³/mol. The lowest BCUT2D eigenvalue weighted by atomic mass is 9.68. The second-order valence-corrected chi connectivity index (χ2v) is 7.06. The summed E-state index contributed by atoms with van der Waals surface area (Å²) in [7, 11) is 0. The van der Waals surface area contributed by atoms with Crippen LogP contribution in [0.1, 0.15) is 44.1 Å². The van der Waals surface area contributed by atoms with Gasteiger partial charge in [0.2, 0.25) is 0 Å². The van der Waals surface area contributed by atoms with Gasteiger partial charge in [-0.15, -0.1) is 0 Å². The molecule has 0 N–H and O–H groups in total. The average molecular weight is 255 g/mol. The van der Waals surface area contributed by atoms with Crippen molar-refractivity contribution in [2.24, 2.45) is 11.8 Å². The molecule has 4 rings (SSSR count). The van der Waals surface area contributed by atoms with Crippen molar-refractivity contribution < 1.29 is 0 Å². The van der Waals surface area contributed by atoms with Crippen LogP contribution in [0.4, 0.5) is 0 Å². The van der Waals surface area contributed by atoms with Gasteiger partial charge in [-0.1, -0.05) is 36.8 Å². The van der Waals surface area contributed by atoms with Crippen molar-refractivity contribution in [3.05, 3.63) is 35.9 Å². The van der Waals surface area contributed by atoms with Gasteiger partial charge in [0.25, 0.3) is 0 Å². The van der Waals surface area contributed by atoms with Crippen LogP contribution in [0.3, 0.4) is 0 Å². The van der Waals surface area contributed by atoms with E-state index in [0.29, 0.717) is 5.41 Å². The molecular formula is C18H25N. The van der Waals surface area contributed by atoms with Gasteiger partial charge in [0.05, 0.1) is 0 Å². The van der Waals surface area contributed by atoms with Gasteiger partial charge in [0, 0.05) is 18.5 Å². The second-order valence-electron chi connectivity index (χ2n) is 7.06. The lowest BCUT2D eigenvalue weighted by Gasteiger charge is -2.45. The minimum Gasteiger partial charge on any atom is -0.303 e. The molecule has 19 heavy (non-hydrogen) atoms. The largest absolute Gasteiger partial charge is 0.303 e. The van der Waals surface area contributed by atoms with Gasteiger partial charge in [0.15, 0.2) is 0 Å². The maximum Gasteiger partial charge on any atom is 0.00183 e. The van der Waals surface area contributed by atoms with Crippen LogP contribution in [0.2, 0.25) is 0 Å². The van der Waals surface area contributed by atoms with Crippen molar-refractivity contribution in [3.8, 4) is 0 Å². The topological polar surface area (TPSA) is 3.24 Å². The third-order valence-corrected chi connectivity index (χ3v) is 5.87. The van der Waals surface area contributed by atoms with Gasteiger partial charge in [-0.3, -0.25) is 0 Å². The first-order valence-corrected chi connectivity index (χ1v) is 8.15. The van der Waals surface area contributed by atoms with Gasteiger partial charge >= 0.3 is 0 Å². The summed E-state index contributed by atoms with van der Waals surface area (Å²) in [6, 6.07) is 11.4. The van der Waals surface area contributed by atoms with Crippen LogP contribution in [0, 0.1) is 11.8 Å². The molecule has 0 spiro atoms. The Labute approximate surface area is 117 Å². The van der Waals surface area contributed by atoms with E-state index in [4.69, 9.17) is 0 Å². The van der Waals surface area contributed by atoms with Crippen molar-refractivity contribution in [1.29, 1.82) is 0 Å². The molecule has 2 saturated carbocycles. The van der Waals surface area contributed by atoms with Crippen LogP contribution >= 0.6 is 0 Å². The summed E-state index contributed by atoms with van der Waals surface area (Å²) in [5, 5.41) is 0. The zero-order valence-electron chi connectivity index (χ0n) is 11.9. The van der Waals surface area contributed by atoms with Crippen molar-refractivity contribution in [1.82, 2.24) is 4.90 Å². The minimum atomic E-state index is 0.529. The summed E-state index contributed by atoms with van der Waals surface area (Å²) < 4.78 is 0. The minimum absolute atomic E-state index is 0.529. The molecule has 1 saturated heterocycles. The van der Waals surface area contributed by atoms with Crippen molar-refractivity contribution in [2.75, 3.05) is 19.6 Å². The maximum atomic E-state index is 2.77. The summed E-state index contributed by atoms with van der Waals surface area (Å²) in [6.45, 7) is 4.09. The van der Waals surface area contributed by atoms with E-state index in [1.807, 2.05) is 0 Å². The zero-order valence-corrected chi connectivity index (χ0v) is 11.9. The van der Waals surface area contributed by atoms with Gasteiger partial charge in [0.1, 0.15) is 0 Å². The molecule has 1 aromatic carbocycles. The molecule has 0 bridgehead atoms. The highest BCUT2D eigenvalue weighted by atomic mass is 15.1. The summed E-state index contributed by atoms with van der Waals surface area (Å²) in [4.78, 5) is 2.77. The molecule has 1 heteroatoms. The van der Waals surface area contributed by atoms with E-state index in [2.05, 4.69) is 35.2 Å². The third-order valence-electron chi connectivity index (χ3n) is 5.87. The standard InChI is InChI=1S/C18H25N/c1-2-5-16(6-3-1)18-10-4-7-17(18)14-19(12-11-18)13-15-8-9-15/h1-3,5-6,15,17H,4,7-14H2. The number of hydrogen-bond acceptors (Lipinski definition) is 1. The summed E-state index contributed by atoms with van der Waals surface area (Å²) in [6.07, 6.45) is 8.70. The quantitative estimate of drug-likeness (QED) is 0.793. The molecule has 3 fully saturated rings. The molecule has 3 aliphatic rings. The number of hydrogen-bond donors (Lipinski definition) is 0. The third kappa shape index (κ3) is 2.12. The van der Waals surface area contributed by atoms with Crippen molar-refractivity contribution in [3.63, 3.8) is 0 Å². The van der Waals surface area contributed by atoms with E-state index in [9.17, 15) is 0 Å². The van der Waals surface area contributed by atoms with Crippen LogP contribution in [0.5, 0.6) is 0 Å². The first-order chi connectivity index (χ1) is 9.37. The first-order valence-electron chi connectivity index (χ1n) is 8.15. The molecule has 1 aromatic rings. The Morgan fingerprint density at radius 1 is 1.05 bits per heavy atom. The Morgan fingerprint density at radius 2 is 1.89 bits per heavy atom. The molecule has 2 aliphatic carbocycles. The van der Waals surface area contributed by atoms with E-state index in [1.165, 1.54) is 58.2 Å². The summed E-state index contributed by atoms with van der Waals surface area (Å²) >= 11 is 0. The lowest BCUT2D eigenvalue weighted by Crippen LogP contribution is -2.47. The Kier molecular flexibility index (Phi) is 2.91. The molecule has 102 valence electrons. The maximum absolute atomic E-state index is 2.77. The first kappa shape index (κ1) is 12.0. The summed E-state index contributed by atoms with van der Waals surface area (Å²) in [5.74, 6) is 1.97. The van der Waals surface area contributed by atoms with Crippen molar-refractivity contribution >= 4 is 0 Å². The van der Waals surface area contributed by atoms with Gasteiger partial charge in [-0.2, -0.15) is 0 Å². The number of fused-ring (bicyclic) bond motifs is 1. The molecule has 0 amide bonds. The monoisotopic (exact) mass is 255 g/mol. The van der Waals surface area contributed by atoms with Gasteiger partial charge < -0.3 is 4.90 Å². The van der Waals surface area contributed by atoms with E-state index in [0.717, 1.165) is 11.8 Å². The zero-order chi connectivity index (χ0) is 12.7. The molecule has 0 radical (unpaired) electrons. The van der Waals surface area contributed by atoms with Crippen molar-refractivity contribution in [2.45, 2.75) is 43.9 Å². The van der Waals surface area contributed by atoms with E-state index in [-0.39, 0.29) is 0 Å². The number of rotatable bonds is 3. The molecule has 2 atom stereocenters. The molecule has 1 aliphatic heterocycles. The molecule has 0 aromatic heterocycles. The van der Waals surface area contributed by atoms with Crippen LogP contribution in [0.15, 0.2) is 30.3 Å². The Bertz CT molecular complexity index is 436. The molecule has 1 heterocycles. The predicted octanol–water partition coefficient (Wildman–Crippen LogP) is 3.84. The SMILES string of the molecule is c1ccc(C23CCCC2CN(CC2CC2)CC3)cc1. The van der Waals surface area contributed by atoms with E-state index >= 15 is 0 Å². The lowest BCUT2D eigenvalue weighted by molar-refractivity contribution is 0.107. The van der Waals surface area contributed by atoms with Crippen LogP contribution in [0.25, 0.3) is 0 Å². The highest BCUT2D eigenvalue weighted by Crippen LogP contribution is 2.51. The van der Waals surface area contributed by atoms with Gasteiger partial charge in [-0.05, 0) is 56.0 Å². The average Bonchev–Trinajstić information content (AvgIpc) is 3.16. The fourth-order valence-corrected chi connectivity index (χ4v) is 4.63. The number of likely N-dealkylation sites (tertiary alicyclic amines) is 1. The Balaban J connectivity index is 1.55. The van der Waals surface area contributed by atoms with Crippen LogP contribution < -0.4 is 0 Å². The number of benzene rings is 1. The Morgan fingerprint density at radius 3 is 2.68 bits per heavy atom. The highest BCUT2D eigenvalue weighted by Gasteiger charge is 2.47.